The lowest BCUT2D eigenvalue weighted by molar-refractivity contribution is 0.191. The molecule has 0 saturated carbocycles. The molecule has 0 saturated heterocycles. The lowest BCUT2D eigenvalue weighted by atomic mass is 10.1. The summed E-state index contributed by atoms with van der Waals surface area (Å²) in [6.07, 6.45) is 4.19. The van der Waals surface area contributed by atoms with Gasteiger partial charge >= 0.3 is 0 Å². The topological polar surface area (TPSA) is 70.9 Å². The number of hydrogen-bond acceptors (Lipinski definition) is 5. The number of aryl methyl sites for hydroxylation is 2. The fourth-order valence-corrected chi connectivity index (χ4v) is 3.38. The SMILES string of the molecule is Cc1cccc(C(O)CNc2nc(-c3ccccn3)nc3c2CCC3)c1. The largest absolute Gasteiger partial charge is 0.387 e. The van der Waals surface area contributed by atoms with Gasteiger partial charge in [0.05, 0.1) is 6.10 Å². The Morgan fingerprint density at radius 1 is 1.12 bits per heavy atom. The Bertz CT molecular complexity index is 911. The van der Waals surface area contributed by atoms with Crippen molar-refractivity contribution >= 4 is 5.82 Å². The van der Waals surface area contributed by atoms with Crippen LogP contribution in [-0.2, 0) is 12.8 Å². The van der Waals surface area contributed by atoms with Crippen LogP contribution in [0.3, 0.4) is 0 Å². The minimum Gasteiger partial charge on any atom is -0.387 e. The number of fused-ring (bicyclic) bond motifs is 1. The summed E-state index contributed by atoms with van der Waals surface area (Å²) in [4.78, 5) is 13.8. The van der Waals surface area contributed by atoms with E-state index in [4.69, 9.17) is 9.97 Å². The van der Waals surface area contributed by atoms with Gasteiger partial charge in [-0.15, -0.1) is 0 Å². The minimum absolute atomic E-state index is 0.411. The Morgan fingerprint density at radius 3 is 2.85 bits per heavy atom. The standard InChI is InChI=1S/C21H22N4O/c1-14-6-4-7-15(12-14)19(26)13-23-20-16-8-5-10-17(16)24-21(25-20)18-9-2-3-11-22-18/h2-4,6-7,9,11-12,19,26H,5,8,10,13H2,1H3,(H,23,24,25). The Morgan fingerprint density at radius 2 is 2.04 bits per heavy atom. The van der Waals surface area contributed by atoms with E-state index < -0.39 is 6.10 Å². The zero-order valence-corrected chi connectivity index (χ0v) is 14.8. The molecule has 2 N–H and O–H groups in total. The van der Waals surface area contributed by atoms with Crippen molar-refractivity contribution in [3.05, 3.63) is 71.0 Å². The van der Waals surface area contributed by atoms with E-state index in [1.165, 1.54) is 5.56 Å². The monoisotopic (exact) mass is 346 g/mol. The van der Waals surface area contributed by atoms with Crippen molar-refractivity contribution in [3.8, 4) is 11.5 Å². The number of rotatable bonds is 5. The molecule has 0 fully saturated rings. The zero-order chi connectivity index (χ0) is 17.9. The smallest absolute Gasteiger partial charge is 0.180 e. The first-order valence-corrected chi connectivity index (χ1v) is 9.00. The van der Waals surface area contributed by atoms with Crippen LogP contribution in [0.25, 0.3) is 11.5 Å². The van der Waals surface area contributed by atoms with E-state index in [9.17, 15) is 5.11 Å². The first-order chi connectivity index (χ1) is 12.7. The van der Waals surface area contributed by atoms with Crippen LogP contribution in [0.1, 0.15) is 34.9 Å². The van der Waals surface area contributed by atoms with Crippen molar-refractivity contribution in [2.75, 3.05) is 11.9 Å². The average molecular weight is 346 g/mol. The molecule has 4 rings (SSSR count). The molecule has 3 aromatic rings. The second kappa shape index (κ2) is 7.22. The van der Waals surface area contributed by atoms with E-state index in [-0.39, 0.29) is 0 Å². The number of aromatic nitrogens is 3. The van der Waals surface area contributed by atoms with Crippen LogP contribution in [0.15, 0.2) is 48.7 Å². The van der Waals surface area contributed by atoms with Crippen LogP contribution in [0.4, 0.5) is 5.82 Å². The van der Waals surface area contributed by atoms with E-state index in [2.05, 4.69) is 10.3 Å². The van der Waals surface area contributed by atoms with Gasteiger partial charge in [-0.3, -0.25) is 4.98 Å². The number of pyridine rings is 1. The Hall–Kier alpha value is -2.79. The number of benzene rings is 1. The molecule has 26 heavy (non-hydrogen) atoms. The molecule has 1 unspecified atom stereocenters. The quantitative estimate of drug-likeness (QED) is 0.740. The maximum Gasteiger partial charge on any atom is 0.180 e. The van der Waals surface area contributed by atoms with E-state index in [0.29, 0.717) is 12.4 Å². The summed E-state index contributed by atoms with van der Waals surface area (Å²) in [5.74, 6) is 1.46. The number of nitrogens with one attached hydrogen (secondary N) is 1. The molecule has 0 amide bonds. The molecule has 0 radical (unpaired) electrons. The number of nitrogens with zero attached hydrogens (tertiary/aromatic N) is 3. The van der Waals surface area contributed by atoms with E-state index >= 15 is 0 Å². The highest BCUT2D eigenvalue weighted by atomic mass is 16.3. The number of aliphatic hydroxyl groups is 1. The van der Waals surface area contributed by atoms with Crippen LogP contribution in [-0.4, -0.2) is 26.6 Å². The molecular formula is C21H22N4O. The summed E-state index contributed by atoms with van der Waals surface area (Å²) in [5.41, 5.74) is 5.08. The molecule has 132 valence electrons. The van der Waals surface area contributed by atoms with Gasteiger partial charge in [0.1, 0.15) is 11.5 Å². The number of hydrogen-bond donors (Lipinski definition) is 2. The van der Waals surface area contributed by atoms with Crippen LogP contribution in [0, 0.1) is 6.92 Å². The lowest BCUT2D eigenvalue weighted by Crippen LogP contribution is -2.15. The summed E-state index contributed by atoms with van der Waals surface area (Å²) >= 11 is 0. The molecule has 1 aromatic carbocycles. The average Bonchev–Trinajstić information content (AvgIpc) is 3.15. The molecule has 5 heteroatoms. The zero-order valence-electron chi connectivity index (χ0n) is 14.8. The van der Waals surface area contributed by atoms with Crippen LogP contribution in [0.2, 0.25) is 0 Å². The highest BCUT2D eigenvalue weighted by molar-refractivity contribution is 5.57. The first kappa shape index (κ1) is 16.7. The molecular weight excluding hydrogens is 324 g/mol. The fourth-order valence-electron chi connectivity index (χ4n) is 3.38. The second-order valence-electron chi connectivity index (χ2n) is 6.70. The summed E-state index contributed by atoms with van der Waals surface area (Å²) in [5, 5.41) is 13.9. The van der Waals surface area contributed by atoms with Crippen LogP contribution >= 0.6 is 0 Å². The third-order valence-corrected chi connectivity index (χ3v) is 4.72. The van der Waals surface area contributed by atoms with Gasteiger partial charge in [-0.05, 0) is 43.9 Å². The predicted molar refractivity (Wildman–Crippen MR) is 102 cm³/mol. The Balaban J connectivity index is 1.59. The van der Waals surface area contributed by atoms with Gasteiger partial charge in [0.2, 0.25) is 0 Å². The van der Waals surface area contributed by atoms with Crippen LogP contribution in [0.5, 0.6) is 0 Å². The maximum absolute atomic E-state index is 10.5. The van der Waals surface area contributed by atoms with Gasteiger partial charge < -0.3 is 10.4 Å². The van der Waals surface area contributed by atoms with Crippen molar-refractivity contribution in [1.82, 2.24) is 15.0 Å². The van der Waals surface area contributed by atoms with Crippen molar-refractivity contribution in [2.24, 2.45) is 0 Å². The summed E-state index contributed by atoms with van der Waals surface area (Å²) in [6.45, 7) is 2.44. The molecule has 1 aliphatic rings. The van der Waals surface area contributed by atoms with Crippen LogP contribution < -0.4 is 5.32 Å². The second-order valence-corrected chi connectivity index (χ2v) is 6.70. The molecule has 0 spiro atoms. The van der Waals surface area contributed by atoms with E-state index in [1.54, 1.807) is 6.20 Å². The summed E-state index contributed by atoms with van der Waals surface area (Å²) in [6, 6.07) is 13.7. The van der Waals surface area contributed by atoms with Crippen molar-refractivity contribution < 1.29 is 5.11 Å². The van der Waals surface area contributed by atoms with Gasteiger partial charge in [-0.1, -0.05) is 35.9 Å². The van der Waals surface area contributed by atoms with Gasteiger partial charge in [-0.25, -0.2) is 9.97 Å². The maximum atomic E-state index is 10.5. The molecule has 0 bridgehead atoms. The molecule has 0 aliphatic heterocycles. The highest BCUT2D eigenvalue weighted by Crippen LogP contribution is 2.29. The third kappa shape index (κ3) is 3.44. The Labute approximate surface area is 153 Å². The molecule has 1 atom stereocenters. The summed E-state index contributed by atoms with van der Waals surface area (Å²) in [7, 11) is 0. The third-order valence-electron chi connectivity index (χ3n) is 4.72. The number of aliphatic hydroxyl groups excluding tert-OH is 1. The lowest BCUT2D eigenvalue weighted by Gasteiger charge is -2.16. The number of anilines is 1. The van der Waals surface area contributed by atoms with E-state index in [0.717, 1.165) is 47.6 Å². The van der Waals surface area contributed by atoms with Crippen molar-refractivity contribution in [3.63, 3.8) is 0 Å². The van der Waals surface area contributed by atoms with Gasteiger partial charge in [0.25, 0.3) is 0 Å². The van der Waals surface area contributed by atoms with Gasteiger partial charge in [0, 0.05) is 24.0 Å². The van der Waals surface area contributed by atoms with Crippen molar-refractivity contribution in [1.29, 1.82) is 0 Å². The van der Waals surface area contributed by atoms with Gasteiger partial charge in [0.15, 0.2) is 5.82 Å². The molecule has 1 aliphatic carbocycles. The first-order valence-electron chi connectivity index (χ1n) is 9.00. The van der Waals surface area contributed by atoms with Crippen molar-refractivity contribution in [2.45, 2.75) is 32.3 Å². The normalized spacial score (nSPS) is 14.1. The fraction of sp³-hybridized carbons (Fsp3) is 0.286. The van der Waals surface area contributed by atoms with E-state index in [1.807, 2.05) is 49.4 Å². The predicted octanol–water partition coefficient (Wildman–Crippen LogP) is 3.48. The molecule has 2 aromatic heterocycles. The molecule has 2 heterocycles. The highest BCUT2D eigenvalue weighted by Gasteiger charge is 2.21. The minimum atomic E-state index is -0.583. The Kier molecular flexibility index (Phi) is 4.63. The molecule has 5 nitrogen and oxygen atoms in total. The van der Waals surface area contributed by atoms with Gasteiger partial charge in [-0.2, -0.15) is 0 Å². The summed E-state index contributed by atoms with van der Waals surface area (Å²) < 4.78 is 0.